The molecule has 2 atom stereocenters. The molecule has 1 aliphatic carbocycles. The molecule has 20 heavy (non-hydrogen) atoms. The van der Waals surface area contributed by atoms with E-state index in [0.29, 0.717) is 23.8 Å². The van der Waals surface area contributed by atoms with Crippen LogP contribution in [0.25, 0.3) is 0 Å². The average Bonchev–Trinajstić information content (AvgIpc) is 2.47. The fourth-order valence-corrected chi connectivity index (χ4v) is 2.71. The van der Waals surface area contributed by atoms with Crippen LogP contribution in [0, 0.1) is 5.92 Å². The molecule has 0 spiro atoms. The molecule has 0 radical (unpaired) electrons. The molecule has 1 saturated carbocycles. The van der Waals surface area contributed by atoms with Crippen LogP contribution in [0.3, 0.4) is 0 Å². The molecule has 2 rings (SSSR count). The van der Waals surface area contributed by atoms with E-state index in [1.807, 2.05) is 18.2 Å². The van der Waals surface area contributed by atoms with E-state index in [-0.39, 0.29) is 11.9 Å². The average molecular weight is 273 g/mol. The third-order valence-electron chi connectivity index (χ3n) is 3.92. The predicted octanol–water partition coefficient (Wildman–Crippen LogP) is 3.56. The molecule has 0 aliphatic heterocycles. The second kappa shape index (κ2) is 7.13. The monoisotopic (exact) mass is 273 g/mol. The summed E-state index contributed by atoms with van der Waals surface area (Å²) in [5.74, 6) is 1.13. The van der Waals surface area contributed by atoms with E-state index in [0.717, 1.165) is 6.42 Å². The molecule has 1 aliphatic rings. The van der Waals surface area contributed by atoms with Crippen molar-refractivity contribution in [1.29, 1.82) is 0 Å². The first-order chi connectivity index (χ1) is 9.72. The van der Waals surface area contributed by atoms with Crippen molar-refractivity contribution in [2.75, 3.05) is 6.61 Å². The van der Waals surface area contributed by atoms with E-state index in [2.05, 4.69) is 18.8 Å². The van der Waals surface area contributed by atoms with Crippen molar-refractivity contribution >= 4 is 5.91 Å². The summed E-state index contributed by atoms with van der Waals surface area (Å²) in [5, 5.41) is 3.16. The topological polar surface area (TPSA) is 38.3 Å². The van der Waals surface area contributed by atoms with Gasteiger partial charge in [-0.3, -0.25) is 4.79 Å². The van der Waals surface area contributed by atoms with Crippen molar-refractivity contribution in [3.05, 3.63) is 42.5 Å². The maximum atomic E-state index is 12.4. The smallest absolute Gasteiger partial charge is 0.255 e. The number of benzene rings is 1. The number of rotatable bonds is 5. The molecule has 0 saturated heterocycles. The lowest BCUT2D eigenvalue weighted by atomic mass is 9.86. The van der Waals surface area contributed by atoms with Gasteiger partial charge in [-0.2, -0.15) is 0 Å². The van der Waals surface area contributed by atoms with E-state index in [1.54, 1.807) is 12.1 Å². The van der Waals surface area contributed by atoms with Crippen LogP contribution in [-0.4, -0.2) is 18.6 Å². The van der Waals surface area contributed by atoms with Crippen LogP contribution in [0.2, 0.25) is 0 Å². The summed E-state index contributed by atoms with van der Waals surface area (Å²) in [6, 6.07) is 7.64. The van der Waals surface area contributed by atoms with Crippen molar-refractivity contribution < 1.29 is 9.53 Å². The van der Waals surface area contributed by atoms with Gasteiger partial charge in [-0.1, -0.05) is 44.6 Å². The summed E-state index contributed by atoms with van der Waals surface area (Å²) >= 11 is 0. The molecule has 3 heteroatoms. The lowest BCUT2D eigenvalue weighted by Gasteiger charge is -2.29. The summed E-state index contributed by atoms with van der Waals surface area (Å²) < 4.78 is 5.54. The van der Waals surface area contributed by atoms with Gasteiger partial charge in [0.05, 0.1) is 5.56 Å². The second-order valence-corrected chi connectivity index (χ2v) is 5.44. The quantitative estimate of drug-likeness (QED) is 0.833. The maximum Gasteiger partial charge on any atom is 0.255 e. The van der Waals surface area contributed by atoms with Crippen LogP contribution in [0.5, 0.6) is 5.75 Å². The molecular weight excluding hydrogens is 250 g/mol. The Balaban J connectivity index is 2.06. The Kier molecular flexibility index (Phi) is 5.22. The van der Waals surface area contributed by atoms with Crippen molar-refractivity contribution in [2.45, 2.75) is 38.6 Å². The van der Waals surface area contributed by atoms with Gasteiger partial charge in [0.15, 0.2) is 0 Å². The molecule has 3 nitrogen and oxygen atoms in total. The van der Waals surface area contributed by atoms with E-state index >= 15 is 0 Å². The van der Waals surface area contributed by atoms with Gasteiger partial charge in [-0.15, -0.1) is 0 Å². The number of carbonyl (C=O) groups excluding carboxylic acids is 1. The first kappa shape index (κ1) is 14.6. The number of carbonyl (C=O) groups is 1. The molecule has 0 bridgehead atoms. The molecule has 1 N–H and O–H groups in total. The largest absolute Gasteiger partial charge is 0.489 e. The number of ether oxygens (including phenoxy) is 1. The molecule has 1 fully saturated rings. The molecule has 0 aromatic heterocycles. The number of hydrogen-bond acceptors (Lipinski definition) is 2. The fraction of sp³-hybridized carbons (Fsp3) is 0.471. The Hall–Kier alpha value is -1.77. The Morgan fingerprint density at radius 3 is 2.90 bits per heavy atom. The summed E-state index contributed by atoms with van der Waals surface area (Å²) in [5.41, 5.74) is 0.604. The maximum absolute atomic E-state index is 12.4. The number of amides is 1. The van der Waals surface area contributed by atoms with Crippen LogP contribution in [0.4, 0.5) is 0 Å². The first-order valence-electron chi connectivity index (χ1n) is 7.36. The van der Waals surface area contributed by atoms with Gasteiger partial charge >= 0.3 is 0 Å². The van der Waals surface area contributed by atoms with E-state index in [4.69, 9.17) is 4.74 Å². The van der Waals surface area contributed by atoms with Gasteiger partial charge < -0.3 is 10.1 Å². The predicted molar refractivity (Wildman–Crippen MR) is 81.0 cm³/mol. The van der Waals surface area contributed by atoms with E-state index in [9.17, 15) is 4.79 Å². The number of nitrogens with one attached hydrogen (secondary N) is 1. The molecular formula is C17H23NO2. The highest BCUT2D eigenvalue weighted by molar-refractivity contribution is 5.97. The molecule has 2 unspecified atom stereocenters. The SMILES string of the molecule is C=CCOc1ccccc1C(=O)NC1CCCCC1C. The lowest BCUT2D eigenvalue weighted by molar-refractivity contribution is 0.0906. The molecule has 1 aromatic rings. The van der Waals surface area contributed by atoms with Crippen LogP contribution in [0.15, 0.2) is 36.9 Å². The summed E-state index contributed by atoms with van der Waals surface area (Å²) in [7, 11) is 0. The third-order valence-corrected chi connectivity index (χ3v) is 3.92. The highest BCUT2D eigenvalue weighted by Crippen LogP contribution is 2.25. The summed E-state index contributed by atoms with van der Waals surface area (Å²) in [6.45, 7) is 6.25. The molecule has 1 aromatic carbocycles. The molecule has 1 amide bonds. The second-order valence-electron chi connectivity index (χ2n) is 5.44. The Morgan fingerprint density at radius 2 is 2.15 bits per heavy atom. The van der Waals surface area contributed by atoms with Crippen molar-refractivity contribution in [3.63, 3.8) is 0 Å². The van der Waals surface area contributed by atoms with Gasteiger partial charge in [-0.05, 0) is 30.9 Å². The zero-order valence-corrected chi connectivity index (χ0v) is 12.1. The molecule has 108 valence electrons. The van der Waals surface area contributed by atoms with Gasteiger partial charge in [0.1, 0.15) is 12.4 Å². The standard InChI is InChI=1S/C17H23NO2/c1-3-12-20-16-11-7-5-9-14(16)17(19)18-15-10-6-4-8-13(15)2/h3,5,7,9,11,13,15H,1,4,6,8,10,12H2,2H3,(H,18,19). The zero-order valence-electron chi connectivity index (χ0n) is 12.1. The van der Waals surface area contributed by atoms with Crippen LogP contribution in [-0.2, 0) is 0 Å². The van der Waals surface area contributed by atoms with E-state index in [1.165, 1.54) is 19.3 Å². The van der Waals surface area contributed by atoms with Gasteiger partial charge in [0.25, 0.3) is 5.91 Å². The zero-order chi connectivity index (χ0) is 14.4. The normalized spacial score (nSPS) is 22.1. The van der Waals surface area contributed by atoms with Gasteiger partial charge in [0.2, 0.25) is 0 Å². The minimum Gasteiger partial charge on any atom is -0.489 e. The van der Waals surface area contributed by atoms with Crippen molar-refractivity contribution in [2.24, 2.45) is 5.92 Å². The van der Waals surface area contributed by atoms with Gasteiger partial charge in [-0.25, -0.2) is 0 Å². The summed E-state index contributed by atoms with van der Waals surface area (Å²) in [6.07, 6.45) is 6.41. The molecule has 0 heterocycles. The van der Waals surface area contributed by atoms with E-state index < -0.39 is 0 Å². The number of hydrogen-bond donors (Lipinski definition) is 1. The summed E-state index contributed by atoms with van der Waals surface area (Å²) in [4.78, 5) is 12.4. The van der Waals surface area contributed by atoms with Gasteiger partial charge in [0, 0.05) is 6.04 Å². The van der Waals surface area contributed by atoms with Crippen LogP contribution < -0.4 is 10.1 Å². The Morgan fingerprint density at radius 1 is 1.40 bits per heavy atom. The third kappa shape index (κ3) is 3.62. The van der Waals surface area contributed by atoms with Crippen LogP contribution >= 0.6 is 0 Å². The highest BCUT2D eigenvalue weighted by atomic mass is 16.5. The minimum absolute atomic E-state index is 0.0385. The first-order valence-corrected chi connectivity index (χ1v) is 7.36. The van der Waals surface area contributed by atoms with Crippen LogP contribution in [0.1, 0.15) is 43.0 Å². The Bertz CT molecular complexity index is 470. The lowest BCUT2D eigenvalue weighted by Crippen LogP contribution is -2.41. The fourth-order valence-electron chi connectivity index (χ4n) is 2.71. The van der Waals surface area contributed by atoms with Crippen molar-refractivity contribution in [3.8, 4) is 5.75 Å². The minimum atomic E-state index is -0.0385. The highest BCUT2D eigenvalue weighted by Gasteiger charge is 2.24. The Labute approximate surface area is 121 Å². The van der Waals surface area contributed by atoms with Crippen molar-refractivity contribution in [1.82, 2.24) is 5.32 Å². The number of para-hydroxylation sites is 1.